The molecule has 2 aromatic carbocycles. The lowest BCUT2D eigenvalue weighted by Crippen LogP contribution is -2.50. The van der Waals surface area contributed by atoms with Crippen molar-refractivity contribution in [2.75, 3.05) is 23.7 Å². The van der Waals surface area contributed by atoms with Crippen LogP contribution in [0.25, 0.3) is 0 Å². The second-order valence-corrected chi connectivity index (χ2v) is 10.9. The molecule has 0 spiro atoms. The first kappa shape index (κ1) is 27.7. The first-order chi connectivity index (χ1) is 16.0. The average Bonchev–Trinajstić information content (AvgIpc) is 2.76. The van der Waals surface area contributed by atoms with Gasteiger partial charge in [-0.25, -0.2) is 8.42 Å². The average molecular weight is 508 g/mol. The number of anilines is 1. The van der Waals surface area contributed by atoms with Crippen molar-refractivity contribution in [2.24, 2.45) is 0 Å². The molecule has 2 rings (SSSR count). The molecule has 0 aliphatic carbocycles. The molecule has 2 amide bonds. The molecule has 0 aliphatic heterocycles. The van der Waals surface area contributed by atoms with E-state index >= 15 is 0 Å². The van der Waals surface area contributed by atoms with E-state index in [2.05, 4.69) is 5.32 Å². The Bertz CT molecular complexity index is 1060. The van der Waals surface area contributed by atoms with Crippen LogP contribution in [0, 0.1) is 0 Å². The van der Waals surface area contributed by atoms with Gasteiger partial charge in [0.1, 0.15) is 6.04 Å². The Morgan fingerprint density at radius 2 is 1.68 bits per heavy atom. The maximum Gasteiger partial charge on any atom is 0.242 e. The van der Waals surface area contributed by atoms with Gasteiger partial charge in [0.2, 0.25) is 21.8 Å². The number of carbonyl (C=O) groups excluding carboxylic acids is 2. The monoisotopic (exact) mass is 507 g/mol. The van der Waals surface area contributed by atoms with Gasteiger partial charge in [0.25, 0.3) is 0 Å². The number of amides is 2. The quantitative estimate of drug-likeness (QED) is 0.472. The van der Waals surface area contributed by atoms with E-state index < -0.39 is 16.1 Å². The van der Waals surface area contributed by atoms with Crippen LogP contribution in [0.4, 0.5) is 5.69 Å². The third-order valence-corrected chi connectivity index (χ3v) is 6.76. The number of carbonyl (C=O) groups is 2. The highest BCUT2D eigenvalue weighted by Gasteiger charge is 2.26. The summed E-state index contributed by atoms with van der Waals surface area (Å²) in [6, 6.07) is 15.7. The van der Waals surface area contributed by atoms with Gasteiger partial charge in [-0.15, -0.1) is 0 Å². The third kappa shape index (κ3) is 8.65. The summed E-state index contributed by atoms with van der Waals surface area (Å²) in [4.78, 5) is 27.4. The number of halogens is 1. The maximum absolute atomic E-state index is 13.2. The molecule has 1 N–H and O–H groups in total. The lowest BCUT2D eigenvalue weighted by molar-refractivity contribution is -0.140. The molecule has 2 aromatic rings. The molecule has 0 saturated heterocycles. The van der Waals surface area contributed by atoms with Crippen LogP contribution < -0.4 is 9.62 Å². The van der Waals surface area contributed by atoms with Gasteiger partial charge in [-0.3, -0.25) is 13.9 Å². The van der Waals surface area contributed by atoms with Gasteiger partial charge in [-0.2, -0.15) is 0 Å². The van der Waals surface area contributed by atoms with Gasteiger partial charge in [0.15, 0.2) is 0 Å². The zero-order valence-corrected chi connectivity index (χ0v) is 21.8. The Hall–Kier alpha value is -2.58. The first-order valence-electron chi connectivity index (χ1n) is 11.4. The zero-order valence-electron chi connectivity index (χ0n) is 20.2. The highest BCUT2D eigenvalue weighted by atomic mass is 35.5. The maximum atomic E-state index is 13.2. The highest BCUT2D eigenvalue weighted by molar-refractivity contribution is 7.92. The van der Waals surface area contributed by atoms with Gasteiger partial charge in [0.05, 0.1) is 11.9 Å². The summed E-state index contributed by atoms with van der Waals surface area (Å²) in [6.07, 6.45) is 2.16. The van der Waals surface area contributed by atoms with Gasteiger partial charge in [-0.05, 0) is 57.4 Å². The van der Waals surface area contributed by atoms with Crippen molar-refractivity contribution in [3.05, 3.63) is 65.2 Å². The van der Waals surface area contributed by atoms with E-state index in [0.29, 0.717) is 30.1 Å². The van der Waals surface area contributed by atoms with E-state index in [0.717, 1.165) is 11.8 Å². The summed E-state index contributed by atoms with van der Waals surface area (Å²) in [5, 5.41) is 3.29. The largest absolute Gasteiger partial charge is 0.352 e. The molecule has 0 radical (unpaired) electrons. The number of hydrogen-bond acceptors (Lipinski definition) is 4. The molecule has 186 valence electrons. The van der Waals surface area contributed by atoms with Crippen LogP contribution in [0.2, 0.25) is 5.02 Å². The summed E-state index contributed by atoms with van der Waals surface area (Å²) in [5.41, 5.74) is 1.52. The summed E-state index contributed by atoms with van der Waals surface area (Å²) in [7, 11) is -3.56. The standard InChI is InChI=1S/C25H34ClN3O4S/c1-19(2)27-25(31)20(3)28(17-15-21-10-6-5-7-11-21)24(30)14-9-16-29(34(4,32)33)23-13-8-12-22(26)18-23/h5-8,10-13,18-20H,9,14-17H2,1-4H3,(H,27,31)/t20-/m0/s1. The minimum absolute atomic E-state index is 0.0398. The molecule has 34 heavy (non-hydrogen) atoms. The Labute approximate surface area is 208 Å². The van der Waals surface area contributed by atoms with E-state index in [4.69, 9.17) is 11.6 Å². The number of benzene rings is 2. The predicted molar refractivity (Wildman–Crippen MR) is 137 cm³/mol. The Kier molecular flexibility index (Phi) is 10.4. The fourth-order valence-electron chi connectivity index (χ4n) is 3.61. The zero-order chi connectivity index (χ0) is 25.3. The van der Waals surface area contributed by atoms with Crippen LogP contribution >= 0.6 is 11.6 Å². The minimum atomic E-state index is -3.56. The van der Waals surface area contributed by atoms with Crippen molar-refractivity contribution in [2.45, 2.75) is 52.1 Å². The number of hydrogen-bond donors (Lipinski definition) is 1. The highest BCUT2D eigenvalue weighted by Crippen LogP contribution is 2.22. The van der Waals surface area contributed by atoms with Gasteiger partial charge < -0.3 is 10.2 Å². The SMILES string of the molecule is CC(C)NC(=O)[C@H](C)N(CCc1ccccc1)C(=O)CCCN(c1cccc(Cl)c1)S(C)(=O)=O. The van der Waals surface area contributed by atoms with E-state index in [1.54, 1.807) is 36.1 Å². The van der Waals surface area contributed by atoms with Crippen LogP contribution in [0.5, 0.6) is 0 Å². The van der Waals surface area contributed by atoms with E-state index in [1.807, 2.05) is 44.2 Å². The van der Waals surface area contributed by atoms with Crippen molar-refractivity contribution in [3.8, 4) is 0 Å². The van der Waals surface area contributed by atoms with Crippen molar-refractivity contribution in [1.82, 2.24) is 10.2 Å². The van der Waals surface area contributed by atoms with Crippen LogP contribution in [-0.2, 0) is 26.0 Å². The molecular weight excluding hydrogens is 474 g/mol. The molecular formula is C25H34ClN3O4S. The lowest BCUT2D eigenvalue weighted by atomic mass is 10.1. The number of rotatable bonds is 12. The smallest absolute Gasteiger partial charge is 0.242 e. The van der Waals surface area contributed by atoms with Crippen LogP contribution in [-0.4, -0.2) is 56.6 Å². The molecule has 1 atom stereocenters. The van der Waals surface area contributed by atoms with Gasteiger partial charge in [-0.1, -0.05) is 48.0 Å². The second kappa shape index (κ2) is 12.8. The fourth-order valence-corrected chi connectivity index (χ4v) is 4.75. The normalized spacial score (nSPS) is 12.3. The minimum Gasteiger partial charge on any atom is -0.352 e. The molecule has 0 bridgehead atoms. The van der Waals surface area contributed by atoms with Crippen molar-refractivity contribution >= 4 is 39.1 Å². The molecule has 9 heteroatoms. The molecule has 0 saturated carbocycles. The van der Waals surface area contributed by atoms with Crippen LogP contribution in [0.15, 0.2) is 54.6 Å². The lowest BCUT2D eigenvalue weighted by Gasteiger charge is -2.30. The fraction of sp³-hybridized carbons (Fsp3) is 0.440. The second-order valence-electron chi connectivity index (χ2n) is 8.58. The Morgan fingerprint density at radius 3 is 2.26 bits per heavy atom. The Morgan fingerprint density at radius 1 is 1.00 bits per heavy atom. The molecule has 0 fully saturated rings. The number of nitrogens with one attached hydrogen (secondary N) is 1. The Balaban J connectivity index is 2.10. The topological polar surface area (TPSA) is 86.8 Å². The van der Waals surface area contributed by atoms with Gasteiger partial charge in [0, 0.05) is 30.6 Å². The van der Waals surface area contributed by atoms with E-state index in [1.165, 1.54) is 4.31 Å². The molecule has 7 nitrogen and oxygen atoms in total. The third-order valence-electron chi connectivity index (χ3n) is 5.33. The summed E-state index contributed by atoms with van der Waals surface area (Å²) >= 11 is 6.03. The van der Waals surface area contributed by atoms with Crippen LogP contribution in [0.3, 0.4) is 0 Å². The van der Waals surface area contributed by atoms with E-state index in [9.17, 15) is 18.0 Å². The molecule has 0 aromatic heterocycles. The van der Waals surface area contributed by atoms with Gasteiger partial charge >= 0.3 is 0 Å². The molecule has 0 aliphatic rings. The van der Waals surface area contributed by atoms with Crippen molar-refractivity contribution < 1.29 is 18.0 Å². The summed E-state index contributed by atoms with van der Waals surface area (Å²) < 4.78 is 25.9. The molecule has 0 unspecified atom stereocenters. The molecule has 0 heterocycles. The predicted octanol–water partition coefficient (Wildman–Crippen LogP) is 3.87. The number of nitrogens with zero attached hydrogens (tertiary/aromatic N) is 2. The van der Waals surface area contributed by atoms with Crippen molar-refractivity contribution in [3.63, 3.8) is 0 Å². The van der Waals surface area contributed by atoms with Crippen LogP contribution in [0.1, 0.15) is 39.2 Å². The summed E-state index contributed by atoms with van der Waals surface area (Å²) in [6.45, 7) is 5.98. The number of sulfonamides is 1. The van der Waals surface area contributed by atoms with E-state index in [-0.39, 0.29) is 30.8 Å². The first-order valence-corrected chi connectivity index (χ1v) is 13.6. The van der Waals surface area contributed by atoms with Crippen molar-refractivity contribution in [1.29, 1.82) is 0 Å². The summed E-state index contributed by atoms with van der Waals surface area (Å²) in [5.74, 6) is -0.407.